The Morgan fingerprint density at radius 2 is 2.24 bits per heavy atom. The minimum atomic E-state index is -0.184. The standard InChI is InChI=1S/C13H25NO3/c1-4-6-7-8-13(17-10-9-15)12(5-2)14-11(3)16/h5,12-13,15H,2,4,6-10H2,1,3H3,(H,14,16)/t12-,13+/m1/s1. The predicted molar refractivity (Wildman–Crippen MR) is 68.8 cm³/mol. The van der Waals surface area contributed by atoms with Crippen molar-refractivity contribution < 1.29 is 14.6 Å². The number of carbonyl (C=O) groups excluding carboxylic acids is 1. The fraction of sp³-hybridized carbons (Fsp3) is 0.769. The summed E-state index contributed by atoms with van der Waals surface area (Å²) in [6, 6.07) is -0.184. The van der Waals surface area contributed by atoms with Crippen molar-refractivity contribution in [2.75, 3.05) is 13.2 Å². The fourth-order valence-corrected chi connectivity index (χ4v) is 1.70. The van der Waals surface area contributed by atoms with Gasteiger partial charge in [-0.3, -0.25) is 4.79 Å². The van der Waals surface area contributed by atoms with Crippen molar-refractivity contribution in [1.29, 1.82) is 0 Å². The normalized spacial score (nSPS) is 14.1. The molecule has 1 amide bonds. The van der Waals surface area contributed by atoms with Crippen LogP contribution in [0.25, 0.3) is 0 Å². The topological polar surface area (TPSA) is 58.6 Å². The molecule has 0 aromatic carbocycles. The van der Waals surface area contributed by atoms with Gasteiger partial charge in [0.15, 0.2) is 0 Å². The largest absolute Gasteiger partial charge is 0.394 e. The summed E-state index contributed by atoms with van der Waals surface area (Å²) in [5, 5.41) is 11.6. The Balaban J connectivity index is 4.27. The van der Waals surface area contributed by atoms with E-state index in [-0.39, 0.29) is 24.7 Å². The second-order valence-corrected chi connectivity index (χ2v) is 4.09. The second-order valence-electron chi connectivity index (χ2n) is 4.09. The molecule has 0 rings (SSSR count). The molecule has 4 nitrogen and oxygen atoms in total. The monoisotopic (exact) mass is 243 g/mol. The molecule has 0 aliphatic rings. The third kappa shape index (κ3) is 7.94. The van der Waals surface area contributed by atoms with Gasteiger partial charge in [-0.15, -0.1) is 6.58 Å². The zero-order valence-corrected chi connectivity index (χ0v) is 10.9. The second kappa shape index (κ2) is 10.3. The van der Waals surface area contributed by atoms with Gasteiger partial charge < -0.3 is 15.2 Å². The molecule has 0 radical (unpaired) electrons. The number of rotatable bonds is 10. The van der Waals surface area contributed by atoms with E-state index in [1.54, 1.807) is 6.08 Å². The van der Waals surface area contributed by atoms with Gasteiger partial charge in [-0.25, -0.2) is 0 Å². The lowest BCUT2D eigenvalue weighted by Crippen LogP contribution is -2.42. The van der Waals surface area contributed by atoms with Crippen LogP contribution in [0.5, 0.6) is 0 Å². The van der Waals surface area contributed by atoms with E-state index in [0.717, 1.165) is 25.7 Å². The summed E-state index contributed by atoms with van der Waals surface area (Å²) in [7, 11) is 0. The quantitative estimate of drug-likeness (QED) is 0.453. The van der Waals surface area contributed by atoms with Crippen LogP contribution in [0.1, 0.15) is 39.5 Å². The maximum atomic E-state index is 11.1. The van der Waals surface area contributed by atoms with Gasteiger partial charge in [0.1, 0.15) is 0 Å². The number of hydrogen-bond acceptors (Lipinski definition) is 3. The van der Waals surface area contributed by atoms with Gasteiger partial charge in [-0.05, 0) is 6.42 Å². The fourth-order valence-electron chi connectivity index (χ4n) is 1.70. The van der Waals surface area contributed by atoms with Crippen LogP contribution in [0.2, 0.25) is 0 Å². The predicted octanol–water partition coefficient (Wildman–Crippen LogP) is 1.63. The molecule has 0 saturated carbocycles. The molecule has 0 bridgehead atoms. The molecule has 0 saturated heterocycles. The highest BCUT2D eigenvalue weighted by Gasteiger charge is 2.19. The van der Waals surface area contributed by atoms with E-state index in [9.17, 15) is 4.79 Å². The molecule has 0 spiro atoms. The number of aliphatic hydroxyl groups is 1. The summed E-state index contributed by atoms with van der Waals surface area (Å²) in [6.07, 6.45) is 5.79. The van der Waals surface area contributed by atoms with Crippen LogP contribution in [0.3, 0.4) is 0 Å². The number of carbonyl (C=O) groups is 1. The Bertz CT molecular complexity index is 219. The number of unbranched alkanes of at least 4 members (excludes halogenated alkanes) is 2. The third-order valence-corrected chi connectivity index (χ3v) is 2.54. The van der Waals surface area contributed by atoms with E-state index in [1.807, 2.05) is 0 Å². The average molecular weight is 243 g/mol. The van der Waals surface area contributed by atoms with Crippen LogP contribution in [0.15, 0.2) is 12.7 Å². The zero-order valence-electron chi connectivity index (χ0n) is 10.9. The summed E-state index contributed by atoms with van der Waals surface area (Å²) in [6.45, 7) is 7.62. The molecule has 0 aromatic rings. The van der Waals surface area contributed by atoms with Crippen LogP contribution in [-0.4, -0.2) is 36.4 Å². The first-order chi connectivity index (χ1) is 8.15. The molecule has 0 aromatic heterocycles. The molecule has 0 fully saturated rings. The van der Waals surface area contributed by atoms with E-state index in [1.165, 1.54) is 6.92 Å². The molecule has 2 N–H and O–H groups in total. The molecule has 4 heteroatoms. The Labute approximate surface area is 104 Å². The number of amides is 1. The van der Waals surface area contributed by atoms with E-state index >= 15 is 0 Å². The van der Waals surface area contributed by atoms with Crippen molar-refractivity contribution in [3.8, 4) is 0 Å². The molecule has 0 unspecified atom stereocenters. The zero-order chi connectivity index (χ0) is 13.1. The highest BCUT2D eigenvalue weighted by Crippen LogP contribution is 2.11. The summed E-state index contributed by atoms with van der Waals surface area (Å²) < 4.78 is 5.56. The molecule has 0 heterocycles. The molecular formula is C13H25NO3. The molecular weight excluding hydrogens is 218 g/mol. The SMILES string of the molecule is C=C[C@@H](NC(C)=O)[C@H](CCCCC)OCCO. The average Bonchev–Trinajstić information content (AvgIpc) is 2.30. The Hall–Kier alpha value is -0.870. The maximum absolute atomic E-state index is 11.1. The third-order valence-electron chi connectivity index (χ3n) is 2.54. The molecule has 0 aliphatic heterocycles. The summed E-state index contributed by atoms with van der Waals surface area (Å²) >= 11 is 0. The van der Waals surface area contributed by atoms with Crippen molar-refractivity contribution in [3.05, 3.63) is 12.7 Å². The van der Waals surface area contributed by atoms with Gasteiger partial charge in [-0.2, -0.15) is 0 Å². The lowest BCUT2D eigenvalue weighted by molar-refractivity contribution is -0.120. The van der Waals surface area contributed by atoms with Crippen molar-refractivity contribution >= 4 is 5.91 Å². The number of hydrogen-bond donors (Lipinski definition) is 2. The van der Waals surface area contributed by atoms with Crippen LogP contribution < -0.4 is 5.32 Å². The first-order valence-electron chi connectivity index (χ1n) is 6.27. The van der Waals surface area contributed by atoms with Crippen molar-refractivity contribution in [2.24, 2.45) is 0 Å². The van der Waals surface area contributed by atoms with E-state index in [0.29, 0.717) is 6.61 Å². The van der Waals surface area contributed by atoms with E-state index in [4.69, 9.17) is 9.84 Å². The summed E-state index contributed by atoms with van der Waals surface area (Å²) in [5.74, 6) is -0.0945. The Morgan fingerprint density at radius 1 is 1.53 bits per heavy atom. The van der Waals surface area contributed by atoms with E-state index < -0.39 is 0 Å². The van der Waals surface area contributed by atoms with Gasteiger partial charge in [0.05, 0.1) is 25.4 Å². The Morgan fingerprint density at radius 3 is 2.71 bits per heavy atom. The maximum Gasteiger partial charge on any atom is 0.217 e. The number of nitrogens with one attached hydrogen (secondary N) is 1. The van der Waals surface area contributed by atoms with Gasteiger partial charge in [0, 0.05) is 6.92 Å². The van der Waals surface area contributed by atoms with Crippen molar-refractivity contribution in [2.45, 2.75) is 51.7 Å². The van der Waals surface area contributed by atoms with Crippen LogP contribution in [0, 0.1) is 0 Å². The highest BCUT2D eigenvalue weighted by atomic mass is 16.5. The first kappa shape index (κ1) is 16.1. The van der Waals surface area contributed by atoms with Gasteiger partial charge >= 0.3 is 0 Å². The van der Waals surface area contributed by atoms with Gasteiger partial charge in [0.25, 0.3) is 0 Å². The first-order valence-corrected chi connectivity index (χ1v) is 6.27. The molecule has 17 heavy (non-hydrogen) atoms. The molecule has 100 valence electrons. The number of ether oxygens (including phenoxy) is 1. The highest BCUT2D eigenvalue weighted by molar-refractivity contribution is 5.73. The minimum absolute atomic E-state index is 0.00574. The van der Waals surface area contributed by atoms with Crippen LogP contribution >= 0.6 is 0 Å². The minimum Gasteiger partial charge on any atom is -0.394 e. The van der Waals surface area contributed by atoms with E-state index in [2.05, 4.69) is 18.8 Å². The lowest BCUT2D eigenvalue weighted by Gasteiger charge is -2.25. The van der Waals surface area contributed by atoms with Gasteiger partial charge in [0.2, 0.25) is 5.91 Å². The molecule has 2 atom stereocenters. The Kier molecular flexibility index (Phi) is 9.77. The summed E-state index contributed by atoms with van der Waals surface area (Å²) in [5.41, 5.74) is 0. The summed E-state index contributed by atoms with van der Waals surface area (Å²) in [4.78, 5) is 11.1. The van der Waals surface area contributed by atoms with Crippen LogP contribution in [0.4, 0.5) is 0 Å². The van der Waals surface area contributed by atoms with Crippen molar-refractivity contribution in [1.82, 2.24) is 5.32 Å². The van der Waals surface area contributed by atoms with Crippen molar-refractivity contribution in [3.63, 3.8) is 0 Å². The smallest absolute Gasteiger partial charge is 0.217 e. The molecule has 0 aliphatic carbocycles. The van der Waals surface area contributed by atoms with Gasteiger partial charge in [-0.1, -0.05) is 32.3 Å². The van der Waals surface area contributed by atoms with Crippen LogP contribution in [-0.2, 0) is 9.53 Å². The number of aliphatic hydroxyl groups excluding tert-OH is 1. The lowest BCUT2D eigenvalue weighted by atomic mass is 10.0.